The van der Waals surface area contributed by atoms with Crippen molar-refractivity contribution in [2.45, 2.75) is 26.3 Å². The lowest BCUT2D eigenvalue weighted by molar-refractivity contribution is -0.118. The van der Waals surface area contributed by atoms with Crippen LogP contribution in [0.5, 0.6) is 0 Å². The van der Waals surface area contributed by atoms with Gasteiger partial charge in [0.15, 0.2) is 0 Å². The molecule has 0 radical (unpaired) electrons. The van der Waals surface area contributed by atoms with E-state index in [0.717, 1.165) is 31.7 Å². The Bertz CT molecular complexity index is 655. The van der Waals surface area contributed by atoms with Crippen LogP contribution in [0.2, 0.25) is 0 Å². The number of amides is 1. The van der Waals surface area contributed by atoms with Gasteiger partial charge in [-0.1, -0.05) is 48.0 Å². The van der Waals surface area contributed by atoms with E-state index >= 15 is 0 Å². The fourth-order valence-corrected chi connectivity index (χ4v) is 2.86. The number of para-hydroxylation sites is 1. The largest absolute Gasteiger partial charge is 0.311 e. The van der Waals surface area contributed by atoms with Gasteiger partial charge < -0.3 is 10.2 Å². The van der Waals surface area contributed by atoms with E-state index < -0.39 is 0 Å². The van der Waals surface area contributed by atoms with Crippen molar-refractivity contribution in [2.75, 3.05) is 18.0 Å². The van der Waals surface area contributed by atoms with Crippen molar-refractivity contribution in [2.24, 2.45) is 0 Å². The second kappa shape index (κ2) is 8.14. The Balaban J connectivity index is 0.00000192. The lowest BCUT2D eigenvalue weighted by atomic mass is 10.1. The molecule has 0 fully saturated rings. The normalized spacial score (nSPS) is 13.7. The predicted octanol–water partition coefficient (Wildman–Crippen LogP) is 3.49. The van der Waals surface area contributed by atoms with Crippen LogP contribution in [-0.2, 0) is 17.8 Å². The summed E-state index contributed by atoms with van der Waals surface area (Å²) >= 11 is 0. The summed E-state index contributed by atoms with van der Waals surface area (Å²) in [5.41, 5.74) is 4.73. The molecule has 1 aliphatic heterocycles. The number of hydrogen-bond donors (Lipinski definition) is 1. The summed E-state index contributed by atoms with van der Waals surface area (Å²) < 4.78 is 0. The molecule has 3 nitrogen and oxygen atoms in total. The smallest absolute Gasteiger partial charge is 0.227 e. The fraction of sp³-hybridized carbons (Fsp3) is 0.316. The number of carbonyl (C=O) groups excluding carboxylic acids is 1. The maximum Gasteiger partial charge on any atom is 0.227 e. The van der Waals surface area contributed by atoms with Crippen LogP contribution in [0, 0.1) is 6.92 Å². The van der Waals surface area contributed by atoms with E-state index in [0.29, 0.717) is 6.42 Å². The molecule has 1 aliphatic rings. The summed E-state index contributed by atoms with van der Waals surface area (Å²) in [6.45, 7) is 4.49. The third-order valence-electron chi connectivity index (χ3n) is 4.16. The van der Waals surface area contributed by atoms with Crippen LogP contribution in [0.3, 0.4) is 0 Å². The van der Waals surface area contributed by atoms with Crippen LogP contribution in [-0.4, -0.2) is 19.0 Å². The highest BCUT2D eigenvalue weighted by molar-refractivity contribution is 5.94. The summed E-state index contributed by atoms with van der Waals surface area (Å²) in [6.07, 6.45) is 1.35. The predicted molar refractivity (Wildman–Crippen MR) is 97.2 cm³/mol. The van der Waals surface area contributed by atoms with Crippen molar-refractivity contribution in [1.29, 1.82) is 0 Å². The quantitative estimate of drug-likeness (QED) is 0.934. The van der Waals surface area contributed by atoms with Gasteiger partial charge in [0.2, 0.25) is 5.91 Å². The topological polar surface area (TPSA) is 32.3 Å². The van der Waals surface area contributed by atoms with Crippen LogP contribution >= 0.6 is 12.4 Å². The highest BCUT2D eigenvalue weighted by atomic mass is 35.5. The molecule has 0 bridgehead atoms. The molecule has 0 saturated carbocycles. The van der Waals surface area contributed by atoms with Crippen LogP contribution in [0.1, 0.15) is 23.1 Å². The number of nitrogens with one attached hydrogen (secondary N) is 1. The van der Waals surface area contributed by atoms with Crippen molar-refractivity contribution in [3.63, 3.8) is 0 Å². The van der Waals surface area contributed by atoms with E-state index in [2.05, 4.69) is 42.6 Å². The molecule has 1 heterocycles. The minimum Gasteiger partial charge on any atom is -0.311 e. The van der Waals surface area contributed by atoms with Gasteiger partial charge in [-0.05, 0) is 30.5 Å². The molecule has 2 aromatic carbocycles. The molecule has 4 heteroatoms. The van der Waals surface area contributed by atoms with Gasteiger partial charge in [0.25, 0.3) is 0 Å². The molecule has 122 valence electrons. The average Bonchev–Trinajstić information content (AvgIpc) is 2.76. The standard InChI is InChI=1S/C19H22N2O.ClH/c1-15-6-8-16(9-7-15)10-11-19(22)21-13-12-20-14-17-4-2-3-5-18(17)21;/h2-9,20H,10-14H2,1H3;1H. The number of rotatable bonds is 3. The number of nitrogens with zero attached hydrogens (tertiary/aromatic N) is 1. The van der Waals surface area contributed by atoms with Crippen molar-refractivity contribution in [1.82, 2.24) is 5.32 Å². The molecule has 2 aromatic rings. The van der Waals surface area contributed by atoms with Crippen LogP contribution in [0.15, 0.2) is 48.5 Å². The molecule has 1 amide bonds. The van der Waals surface area contributed by atoms with Gasteiger partial charge in [0.05, 0.1) is 0 Å². The molecular weight excluding hydrogens is 308 g/mol. The van der Waals surface area contributed by atoms with E-state index in [1.807, 2.05) is 23.1 Å². The monoisotopic (exact) mass is 330 g/mol. The zero-order valence-corrected chi connectivity index (χ0v) is 14.2. The van der Waals surface area contributed by atoms with Gasteiger partial charge in [-0.15, -0.1) is 12.4 Å². The summed E-state index contributed by atoms with van der Waals surface area (Å²) in [6, 6.07) is 16.6. The molecular formula is C19H23ClN2O. The van der Waals surface area contributed by atoms with Gasteiger partial charge in [-0.25, -0.2) is 0 Å². The Hall–Kier alpha value is -1.84. The first kappa shape index (κ1) is 17.5. The Labute approximate surface area is 144 Å². The summed E-state index contributed by atoms with van der Waals surface area (Å²) in [5.74, 6) is 0.205. The molecule has 1 N–H and O–H groups in total. The van der Waals surface area contributed by atoms with Crippen LogP contribution < -0.4 is 10.2 Å². The highest BCUT2D eigenvalue weighted by Crippen LogP contribution is 2.23. The average molecular weight is 331 g/mol. The number of halogens is 1. The maximum absolute atomic E-state index is 12.7. The first-order chi connectivity index (χ1) is 10.7. The Morgan fingerprint density at radius 1 is 1.13 bits per heavy atom. The summed E-state index contributed by atoms with van der Waals surface area (Å²) in [7, 11) is 0. The second-order valence-electron chi connectivity index (χ2n) is 5.84. The SMILES string of the molecule is Cc1ccc(CCC(=O)N2CCNCc3ccccc32)cc1.Cl. The molecule has 0 aromatic heterocycles. The first-order valence-electron chi connectivity index (χ1n) is 7.88. The van der Waals surface area contributed by atoms with E-state index in [1.165, 1.54) is 16.7 Å². The number of carbonyl (C=O) groups is 1. The molecule has 3 rings (SSSR count). The number of fused-ring (bicyclic) bond motifs is 1. The van der Waals surface area contributed by atoms with Crippen molar-refractivity contribution >= 4 is 24.0 Å². The lowest BCUT2D eigenvalue weighted by Crippen LogP contribution is -2.34. The van der Waals surface area contributed by atoms with E-state index in [-0.39, 0.29) is 18.3 Å². The van der Waals surface area contributed by atoms with Gasteiger partial charge in [-0.3, -0.25) is 4.79 Å². The lowest BCUT2D eigenvalue weighted by Gasteiger charge is -2.22. The zero-order valence-electron chi connectivity index (χ0n) is 13.4. The van der Waals surface area contributed by atoms with Gasteiger partial charge in [0.1, 0.15) is 0 Å². The molecule has 0 unspecified atom stereocenters. The Kier molecular flexibility index (Phi) is 6.20. The Morgan fingerprint density at radius 2 is 1.87 bits per heavy atom. The number of benzene rings is 2. The highest BCUT2D eigenvalue weighted by Gasteiger charge is 2.20. The molecule has 23 heavy (non-hydrogen) atoms. The fourth-order valence-electron chi connectivity index (χ4n) is 2.86. The molecule has 0 spiro atoms. The van der Waals surface area contributed by atoms with Crippen LogP contribution in [0.25, 0.3) is 0 Å². The zero-order chi connectivity index (χ0) is 15.4. The van der Waals surface area contributed by atoms with E-state index in [4.69, 9.17) is 0 Å². The van der Waals surface area contributed by atoms with Crippen LogP contribution in [0.4, 0.5) is 5.69 Å². The maximum atomic E-state index is 12.7. The second-order valence-corrected chi connectivity index (χ2v) is 5.84. The van der Waals surface area contributed by atoms with Crippen molar-refractivity contribution < 1.29 is 4.79 Å². The summed E-state index contributed by atoms with van der Waals surface area (Å²) in [4.78, 5) is 14.6. The molecule has 0 atom stereocenters. The minimum absolute atomic E-state index is 0. The van der Waals surface area contributed by atoms with Gasteiger partial charge >= 0.3 is 0 Å². The van der Waals surface area contributed by atoms with E-state index in [1.54, 1.807) is 0 Å². The van der Waals surface area contributed by atoms with Gasteiger partial charge in [0, 0.05) is 31.7 Å². The Morgan fingerprint density at radius 3 is 2.65 bits per heavy atom. The summed E-state index contributed by atoms with van der Waals surface area (Å²) in [5, 5.41) is 3.37. The van der Waals surface area contributed by atoms with Crippen molar-refractivity contribution in [3.8, 4) is 0 Å². The number of aryl methyl sites for hydroxylation is 2. The number of hydrogen-bond acceptors (Lipinski definition) is 2. The third kappa shape index (κ3) is 4.34. The van der Waals surface area contributed by atoms with E-state index in [9.17, 15) is 4.79 Å². The molecule has 0 saturated heterocycles. The van der Waals surface area contributed by atoms with Gasteiger partial charge in [-0.2, -0.15) is 0 Å². The first-order valence-corrected chi connectivity index (χ1v) is 7.88. The van der Waals surface area contributed by atoms with Crippen molar-refractivity contribution in [3.05, 3.63) is 65.2 Å². The molecule has 0 aliphatic carbocycles. The number of anilines is 1. The third-order valence-corrected chi connectivity index (χ3v) is 4.16. The minimum atomic E-state index is 0.